The number of anilines is 1. The highest BCUT2D eigenvalue weighted by Crippen LogP contribution is 2.27. The molecule has 0 aliphatic carbocycles. The van der Waals surface area contributed by atoms with E-state index in [1.165, 1.54) is 15.8 Å². The first kappa shape index (κ1) is 18.3. The van der Waals surface area contributed by atoms with Gasteiger partial charge in [-0.1, -0.05) is 36.4 Å². The van der Waals surface area contributed by atoms with Crippen LogP contribution in [0.5, 0.6) is 0 Å². The fourth-order valence-electron chi connectivity index (χ4n) is 4.05. The molecule has 0 amide bonds. The van der Waals surface area contributed by atoms with E-state index in [0.29, 0.717) is 6.42 Å². The zero-order valence-corrected chi connectivity index (χ0v) is 17.1. The maximum Gasteiger partial charge on any atom is 0.165 e. The van der Waals surface area contributed by atoms with E-state index in [2.05, 4.69) is 45.1 Å². The van der Waals surface area contributed by atoms with Crippen LogP contribution >= 0.6 is 11.3 Å². The Labute approximate surface area is 174 Å². The molecule has 5 heteroatoms. The first-order chi connectivity index (χ1) is 14.3. The largest absolute Gasteiger partial charge is 0.368 e. The van der Waals surface area contributed by atoms with Crippen molar-refractivity contribution in [3.63, 3.8) is 0 Å². The number of benzene rings is 2. The second kappa shape index (κ2) is 7.93. The standard InChI is InChI=1S/C24H23N3OS/c28-23(21-17-29-24-8-4-2-6-20(21)24)9-10-26-11-13-27(14-12-26)19-15-18-5-1-3-7-22(18)25-16-19/h1-8,15-17H,9-14H2. The maximum atomic E-state index is 12.7. The van der Waals surface area contributed by atoms with E-state index in [0.717, 1.165) is 49.2 Å². The minimum absolute atomic E-state index is 0.253. The highest BCUT2D eigenvalue weighted by Gasteiger charge is 2.19. The van der Waals surface area contributed by atoms with Crippen LogP contribution in [0.4, 0.5) is 5.69 Å². The SMILES string of the molecule is O=C(CCN1CCN(c2cnc3ccccc3c2)CC1)c1csc2ccccc12. The Morgan fingerprint density at radius 1 is 1.00 bits per heavy atom. The third-order valence-corrected chi connectivity index (χ3v) is 6.71. The van der Waals surface area contributed by atoms with E-state index in [-0.39, 0.29) is 5.78 Å². The minimum atomic E-state index is 0.253. The van der Waals surface area contributed by atoms with E-state index in [4.69, 9.17) is 0 Å². The smallest absolute Gasteiger partial charge is 0.165 e. The van der Waals surface area contributed by atoms with Crippen molar-refractivity contribution < 1.29 is 4.79 Å². The summed E-state index contributed by atoms with van der Waals surface area (Å²) in [6, 6.07) is 18.6. The molecular formula is C24H23N3OS. The highest BCUT2D eigenvalue weighted by molar-refractivity contribution is 7.17. The van der Waals surface area contributed by atoms with Crippen molar-refractivity contribution in [3.8, 4) is 0 Å². The predicted molar refractivity (Wildman–Crippen MR) is 121 cm³/mol. The number of hydrogen-bond acceptors (Lipinski definition) is 5. The molecule has 2 aromatic heterocycles. The number of ketones is 1. The van der Waals surface area contributed by atoms with Gasteiger partial charge in [-0.2, -0.15) is 0 Å². The fourth-order valence-corrected chi connectivity index (χ4v) is 5.02. The average Bonchev–Trinajstić information content (AvgIpc) is 3.22. The van der Waals surface area contributed by atoms with Crippen LogP contribution in [-0.4, -0.2) is 48.4 Å². The van der Waals surface area contributed by atoms with Gasteiger partial charge in [0.25, 0.3) is 0 Å². The summed E-state index contributed by atoms with van der Waals surface area (Å²) >= 11 is 1.66. The van der Waals surface area contributed by atoms with Gasteiger partial charge >= 0.3 is 0 Å². The number of thiophene rings is 1. The number of fused-ring (bicyclic) bond motifs is 2. The molecule has 5 rings (SSSR count). The minimum Gasteiger partial charge on any atom is -0.368 e. The number of para-hydroxylation sites is 1. The number of aromatic nitrogens is 1. The Morgan fingerprint density at radius 3 is 2.69 bits per heavy atom. The van der Waals surface area contributed by atoms with Crippen LogP contribution in [0, 0.1) is 0 Å². The van der Waals surface area contributed by atoms with Crippen molar-refractivity contribution in [2.45, 2.75) is 6.42 Å². The normalized spacial score (nSPS) is 15.2. The van der Waals surface area contributed by atoms with Crippen molar-refractivity contribution in [2.75, 3.05) is 37.6 Å². The Balaban J connectivity index is 1.18. The van der Waals surface area contributed by atoms with Crippen molar-refractivity contribution in [3.05, 3.63) is 71.7 Å². The molecule has 1 saturated heterocycles. The van der Waals surface area contributed by atoms with Gasteiger partial charge in [0.15, 0.2) is 5.78 Å². The maximum absolute atomic E-state index is 12.7. The molecule has 0 N–H and O–H groups in total. The molecule has 0 spiro atoms. The van der Waals surface area contributed by atoms with Crippen LogP contribution in [-0.2, 0) is 0 Å². The van der Waals surface area contributed by atoms with Gasteiger partial charge in [-0.25, -0.2) is 0 Å². The van der Waals surface area contributed by atoms with Crippen LogP contribution in [0.3, 0.4) is 0 Å². The number of carbonyl (C=O) groups excluding carboxylic acids is 1. The van der Waals surface area contributed by atoms with Crippen LogP contribution in [0.25, 0.3) is 21.0 Å². The monoisotopic (exact) mass is 401 g/mol. The second-order valence-corrected chi connectivity index (χ2v) is 8.44. The van der Waals surface area contributed by atoms with E-state index >= 15 is 0 Å². The molecule has 0 unspecified atom stereocenters. The highest BCUT2D eigenvalue weighted by atomic mass is 32.1. The lowest BCUT2D eigenvalue weighted by molar-refractivity contribution is 0.0964. The summed E-state index contributed by atoms with van der Waals surface area (Å²) in [7, 11) is 0. The lowest BCUT2D eigenvalue weighted by Crippen LogP contribution is -2.47. The van der Waals surface area contributed by atoms with Crippen molar-refractivity contribution in [1.29, 1.82) is 0 Å². The molecule has 0 radical (unpaired) electrons. The lowest BCUT2D eigenvalue weighted by atomic mass is 10.1. The molecule has 1 fully saturated rings. The average molecular weight is 402 g/mol. The van der Waals surface area contributed by atoms with Gasteiger partial charge in [-0.05, 0) is 18.2 Å². The molecule has 2 aromatic carbocycles. The number of piperazine rings is 1. The summed E-state index contributed by atoms with van der Waals surface area (Å²) in [5.41, 5.74) is 3.10. The van der Waals surface area contributed by atoms with Gasteiger partial charge in [0.1, 0.15) is 0 Å². The number of Topliss-reactive ketones (excluding diaryl/α,β-unsaturated/α-hetero) is 1. The molecule has 0 atom stereocenters. The van der Waals surface area contributed by atoms with Gasteiger partial charge in [-0.3, -0.25) is 14.7 Å². The number of rotatable bonds is 5. The molecule has 1 aliphatic rings. The summed E-state index contributed by atoms with van der Waals surface area (Å²) in [6.45, 7) is 4.72. The predicted octanol–water partition coefficient (Wildman–Crippen LogP) is 4.84. The Bertz CT molecular complexity index is 1160. The van der Waals surface area contributed by atoms with E-state index in [1.807, 2.05) is 35.8 Å². The first-order valence-corrected chi connectivity index (χ1v) is 11.0. The Hall–Kier alpha value is -2.76. The molecule has 0 bridgehead atoms. The zero-order valence-electron chi connectivity index (χ0n) is 16.3. The van der Waals surface area contributed by atoms with Gasteiger partial charge in [-0.15, -0.1) is 11.3 Å². The Morgan fingerprint density at radius 2 is 1.79 bits per heavy atom. The first-order valence-electron chi connectivity index (χ1n) is 10.1. The molecule has 146 valence electrons. The van der Waals surface area contributed by atoms with Gasteiger partial charge in [0.05, 0.1) is 17.4 Å². The molecule has 29 heavy (non-hydrogen) atoms. The van der Waals surface area contributed by atoms with Gasteiger partial charge in [0, 0.05) is 65.6 Å². The molecule has 1 aliphatic heterocycles. The quantitative estimate of drug-likeness (QED) is 0.448. The van der Waals surface area contributed by atoms with E-state index in [9.17, 15) is 4.79 Å². The van der Waals surface area contributed by atoms with Crippen molar-refractivity contribution in [1.82, 2.24) is 9.88 Å². The summed E-state index contributed by atoms with van der Waals surface area (Å²) in [5, 5.41) is 4.29. The number of hydrogen-bond donors (Lipinski definition) is 0. The van der Waals surface area contributed by atoms with Crippen LogP contribution in [0.1, 0.15) is 16.8 Å². The summed E-state index contributed by atoms with van der Waals surface area (Å²) in [5.74, 6) is 0.253. The lowest BCUT2D eigenvalue weighted by Gasteiger charge is -2.35. The number of nitrogens with zero attached hydrogens (tertiary/aromatic N) is 3. The number of carbonyl (C=O) groups is 1. The van der Waals surface area contributed by atoms with Gasteiger partial charge < -0.3 is 4.90 Å². The Kier molecular flexibility index (Phi) is 5.00. The molecule has 0 saturated carbocycles. The molecule has 3 heterocycles. The second-order valence-electron chi connectivity index (χ2n) is 7.53. The molecule has 4 aromatic rings. The summed E-state index contributed by atoms with van der Waals surface area (Å²) in [6.07, 6.45) is 2.56. The van der Waals surface area contributed by atoms with E-state index in [1.54, 1.807) is 11.3 Å². The third kappa shape index (κ3) is 3.76. The van der Waals surface area contributed by atoms with Gasteiger partial charge in [0.2, 0.25) is 0 Å². The van der Waals surface area contributed by atoms with Crippen molar-refractivity contribution >= 4 is 43.8 Å². The topological polar surface area (TPSA) is 36.4 Å². The van der Waals surface area contributed by atoms with Crippen LogP contribution in [0.15, 0.2) is 66.2 Å². The van der Waals surface area contributed by atoms with Crippen molar-refractivity contribution in [2.24, 2.45) is 0 Å². The molecular weight excluding hydrogens is 378 g/mol. The zero-order chi connectivity index (χ0) is 19.6. The van der Waals surface area contributed by atoms with E-state index < -0.39 is 0 Å². The summed E-state index contributed by atoms with van der Waals surface area (Å²) in [4.78, 5) is 22.1. The third-order valence-electron chi connectivity index (χ3n) is 5.75. The molecule has 4 nitrogen and oxygen atoms in total. The van der Waals surface area contributed by atoms with Crippen LogP contribution in [0.2, 0.25) is 0 Å². The number of pyridine rings is 1. The van der Waals surface area contributed by atoms with Crippen LogP contribution < -0.4 is 4.90 Å². The fraction of sp³-hybridized carbons (Fsp3) is 0.250. The summed E-state index contributed by atoms with van der Waals surface area (Å²) < 4.78 is 1.19.